The number of alkyl halides is 3. The van der Waals surface area contributed by atoms with Crippen molar-refractivity contribution in [1.29, 1.82) is 0 Å². The number of halogens is 4. The van der Waals surface area contributed by atoms with Crippen LogP contribution in [0.5, 0.6) is 0 Å². The van der Waals surface area contributed by atoms with Crippen molar-refractivity contribution in [3.8, 4) is 11.8 Å². The molecule has 1 heterocycles. The number of hydrogen-bond donors (Lipinski definition) is 2. The molecule has 1 aromatic carbocycles. The van der Waals surface area contributed by atoms with Gasteiger partial charge in [0.05, 0.1) is 0 Å². The van der Waals surface area contributed by atoms with Gasteiger partial charge in [-0.3, -0.25) is 0 Å². The van der Waals surface area contributed by atoms with Gasteiger partial charge < -0.3 is 15.2 Å². The molecule has 1 aromatic rings. The lowest BCUT2D eigenvalue weighted by molar-refractivity contribution is -0.259. The van der Waals surface area contributed by atoms with Crippen LogP contribution < -0.4 is 5.32 Å². The Balaban J connectivity index is 2.18. The van der Waals surface area contributed by atoms with Crippen molar-refractivity contribution in [2.45, 2.75) is 30.2 Å². The fourth-order valence-electron chi connectivity index (χ4n) is 2.12. The lowest BCUT2D eigenvalue weighted by atomic mass is 9.90. The Hall–Kier alpha value is -1.42. The molecule has 2 aliphatic rings. The highest BCUT2D eigenvalue weighted by Crippen LogP contribution is 2.48. The summed E-state index contributed by atoms with van der Waals surface area (Å²) in [4.78, 5) is 0. The second-order valence-corrected chi connectivity index (χ2v) is 5.55. The minimum absolute atomic E-state index is 0.154. The van der Waals surface area contributed by atoms with Gasteiger partial charge in [-0.2, -0.15) is 13.2 Å². The first kappa shape index (κ1) is 14.5. The first-order valence-corrected chi connectivity index (χ1v) is 6.65. The topological polar surface area (TPSA) is 41.5 Å². The van der Waals surface area contributed by atoms with Gasteiger partial charge in [0.25, 0.3) is 5.60 Å². The summed E-state index contributed by atoms with van der Waals surface area (Å²) in [7, 11) is 0. The Morgan fingerprint density at radius 2 is 2.00 bits per heavy atom. The maximum absolute atomic E-state index is 13.6. The summed E-state index contributed by atoms with van der Waals surface area (Å²) >= 11 is 5.81. The van der Waals surface area contributed by atoms with Gasteiger partial charge in [0.15, 0.2) is 0 Å². The van der Waals surface area contributed by atoms with Crippen LogP contribution in [0.4, 0.5) is 18.9 Å². The third-order valence-electron chi connectivity index (χ3n) is 3.51. The van der Waals surface area contributed by atoms with Gasteiger partial charge in [0.1, 0.15) is 12.3 Å². The van der Waals surface area contributed by atoms with Crippen molar-refractivity contribution in [1.82, 2.24) is 0 Å². The van der Waals surface area contributed by atoms with Crippen LogP contribution in [-0.2, 0) is 10.3 Å². The van der Waals surface area contributed by atoms with Gasteiger partial charge in [-0.05, 0) is 31.0 Å². The van der Waals surface area contributed by atoms with Crippen molar-refractivity contribution >= 4 is 17.3 Å². The molecule has 1 fully saturated rings. The molecule has 1 aliphatic carbocycles. The second kappa shape index (κ2) is 4.54. The van der Waals surface area contributed by atoms with Gasteiger partial charge >= 0.3 is 6.18 Å². The van der Waals surface area contributed by atoms with E-state index in [-0.39, 0.29) is 23.0 Å². The monoisotopic (exact) mass is 317 g/mol. The SMILES string of the molecule is OC1(C#C[C@]2(C(F)(F)F)OCNc3ccc(Cl)cc32)CC1. The molecular formula is C14H11ClF3NO2. The predicted molar refractivity (Wildman–Crippen MR) is 70.7 cm³/mol. The molecule has 0 unspecified atom stereocenters. The number of rotatable bonds is 0. The minimum atomic E-state index is -4.76. The molecule has 1 atom stereocenters. The number of nitrogens with one attached hydrogen (secondary N) is 1. The zero-order valence-electron chi connectivity index (χ0n) is 10.7. The zero-order chi connectivity index (χ0) is 15.3. The number of aliphatic hydroxyl groups is 1. The van der Waals surface area contributed by atoms with E-state index in [1.807, 2.05) is 0 Å². The maximum atomic E-state index is 13.6. The van der Waals surface area contributed by atoms with E-state index in [1.165, 1.54) is 18.2 Å². The lowest BCUT2D eigenvalue weighted by Gasteiger charge is -2.36. The molecule has 1 saturated carbocycles. The van der Waals surface area contributed by atoms with E-state index in [2.05, 4.69) is 17.2 Å². The van der Waals surface area contributed by atoms with Crippen LogP contribution in [0.15, 0.2) is 18.2 Å². The molecule has 7 heteroatoms. The van der Waals surface area contributed by atoms with E-state index < -0.39 is 17.4 Å². The molecule has 21 heavy (non-hydrogen) atoms. The maximum Gasteiger partial charge on any atom is 0.433 e. The van der Waals surface area contributed by atoms with Crippen LogP contribution in [0, 0.1) is 11.8 Å². The molecule has 3 rings (SSSR count). The number of ether oxygens (including phenoxy) is 1. The Kier molecular flexibility index (Phi) is 3.14. The quantitative estimate of drug-likeness (QED) is 0.723. The lowest BCUT2D eigenvalue weighted by Crippen LogP contribution is -2.48. The highest BCUT2D eigenvalue weighted by Gasteiger charge is 2.59. The number of benzene rings is 1. The smallest absolute Gasteiger partial charge is 0.378 e. The Bertz CT molecular complexity index is 646. The summed E-state index contributed by atoms with van der Waals surface area (Å²) in [5.74, 6) is 4.42. The summed E-state index contributed by atoms with van der Waals surface area (Å²) in [5.41, 5.74) is -4.03. The first-order valence-electron chi connectivity index (χ1n) is 6.27. The molecule has 0 amide bonds. The molecule has 2 N–H and O–H groups in total. The normalized spacial score (nSPS) is 26.1. The molecule has 0 saturated heterocycles. The van der Waals surface area contributed by atoms with E-state index in [0.717, 1.165) is 0 Å². The van der Waals surface area contributed by atoms with Gasteiger partial charge in [0.2, 0.25) is 0 Å². The zero-order valence-corrected chi connectivity index (χ0v) is 11.5. The molecule has 3 nitrogen and oxygen atoms in total. The molecule has 1 aliphatic heterocycles. The van der Waals surface area contributed by atoms with E-state index in [9.17, 15) is 18.3 Å². The fraction of sp³-hybridized carbons (Fsp3) is 0.429. The van der Waals surface area contributed by atoms with Crippen LogP contribution >= 0.6 is 11.6 Å². The number of hydrogen-bond acceptors (Lipinski definition) is 3. The van der Waals surface area contributed by atoms with Gasteiger partial charge in [-0.25, -0.2) is 0 Å². The third kappa shape index (κ3) is 2.46. The van der Waals surface area contributed by atoms with Crippen molar-refractivity contribution in [3.05, 3.63) is 28.8 Å². The third-order valence-corrected chi connectivity index (χ3v) is 3.74. The van der Waals surface area contributed by atoms with Crippen LogP contribution in [0.2, 0.25) is 5.02 Å². The van der Waals surface area contributed by atoms with Crippen LogP contribution in [-0.4, -0.2) is 23.6 Å². The molecule has 112 valence electrons. The van der Waals surface area contributed by atoms with Crippen molar-refractivity contribution in [2.75, 3.05) is 12.0 Å². The summed E-state index contributed by atoms with van der Waals surface area (Å²) in [6.07, 6.45) is -4.02. The van der Waals surface area contributed by atoms with E-state index in [4.69, 9.17) is 16.3 Å². The average molecular weight is 318 g/mol. The van der Waals surface area contributed by atoms with E-state index >= 15 is 0 Å². The summed E-state index contributed by atoms with van der Waals surface area (Å²) < 4.78 is 45.8. The summed E-state index contributed by atoms with van der Waals surface area (Å²) in [6.45, 7) is -0.332. The minimum Gasteiger partial charge on any atom is -0.378 e. The summed E-state index contributed by atoms with van der Waals surface area (Å²) in [5, 5.41) is 12.6. The Morgan fingerprint density at radius 3 is 2.62 bits per heavy atom. The number of fused-ring (bicyclic) bond motifs is 1. The standard InChI is InChI=1S/C14H11ClF3NO2/c15-9-1-2-11-10(7-9)13(14(16,17)18,21-8-19-11)6-5-12(20)3-4-12/h1-2,7,19-20H,3-4,8H2/t13-/m0/s1. The Labute approximate surface area is 124 Å². The van der Waals surface area contributed by atoms with E-state index in [0.29, 0.717) is 12.8 Å². The Morgan fingerprint density at radius 1 is 1.29 bits per heavy atom. The van der Waals surface area contributed by atoms with Crippen LogP contribution in [0.25, 0.3) is 0 Å². The predicted octanol–water partition coefficient (Wildman–Crippen LogP) is 3.03. The largest absolute Gasteiger partial charge is 0.433 e. The summed E-state index contributed by atoms with van der Waals surface area (Å²) in [6, 6.07) is 4.12. The van der Waals surface area contributed by atoms with E-state index in [1.54, 1.807) is 0 Å². The first-order chi connectivity index (χ1) is 9.76. The highest BCUT2D eigenvalue weighted by atomic mass is 35.5. The molecule has 0 radical (unpaired) electrons. The van der Waals surface area contributed by atoms with Crippen LogP contribution in [0.1, 0.15) is 18.4 Å². The number of anilines is 1. The highest BCUT2D eigenvalue weighted by molar-refractivity contribution is 6.30. The van der Waals surface area contributed by atoms with Crippen molar-refractivity contribution in [2.24, 2.45) is 0 Å². The molecular weight excluding hydrogens is 307 g/mol. The molecule has 0 bridgehead atoms. The average Bonchev–Trinajstić information content (AvgIpc) is 3.13. The van der Waals surface area contributed by atoms with Crippen molar-refractivity contribution < 1.29 is 23.0 Å². The molecule has 0 aromatic heterocycles. The van der Waals surface area contributed by atoms with Gasteiger partial charge in [-0.15, -0.1) is 0 Å². The van der Waals surface area contributed by atoms with Gasteiger partial charge in [0, 0.05) is 16.3 Å². The van der Waals surface area contributed by atoms with Crippen molar-refractivity contribution in [3.63, 3.8) is 0 Å². The van der Waals surface area contributed by atoms with Gasteiger partial charge in [-0.1, -0.05) is 23.4 Å². The van der Waals surface area contributed by atoms with Crippen LogP contribution in [0.3, 0.4) is 0 Å². The molecule has 0 spiro atoms. The second-order valence-electron chi connectivity index (χ2n) is 5.12. The fourth-order valence-corrected chi connectivity index (χ4v) is 2.29.